The number of pyridine rings is 1. The molecule has 0 aliphatic carbocycles. The van der Waals surface area contributed by atoms with Crippen LogP contribution in [0, 0.1) is 0 Å². The Hall–Kier alpha value is -1.77. The smallest absolute Gasteiger partial charge is 0.243 e. The van der Waals surface area contributed by atoms with Crippen LogP contribution in [-0.2, 0) is 10.0 Å². The second kappa shape index (κ2) is 6.19. The third-order valence-corrected chi connectivity index (χ3v) is 5.74. The van der Waals surface area contributed by atoms with Gasteiger partial charge in [0.05, 0.1) is 12.4 Å². The summed E-state index contributed by atoms with van der Waals surface area (Å²) < 4.78 is 29.8. The van der Waals surface area contributed by atoms with E-state index in [1.807, 2.05) is 6.07 Å². The minimum Gasteiger partial charge on any atom is -0.307 e. The summed E-state index contributed by atoms with van der Waals surface area (Å²) in [5.41, 5.74) is -0.264. The molecular formula is C17H25N5O2S. The fourth-order valence-electron chi connectivity index (χ4n) is 3.75. The maximum absolute atomic E-state index is 12.8. The van der Waals surface area contributed by atoms with Crippen molar-refractivity contribution in [1.29, 1.82) is 0 Å². The molecule has 8 heteroatoms. The van der Waals surface area contributed by atoms with Gasteiger partial charge < -0.3 is 5.32 Å². The molecule has 3 heterocycles. The minimum absolute atomic E-state index is 0.130. The zero-order valence-electron chi connectivity index (χ0n) is 15.0. The fourth-order valence-corrected chi connectivity index (χ4v) is 4.92. The molecule has 7 nitrogen and oxygen atoms in total. The summed E-state index contributed by atoms with van der Waals surface area (Å²) in [6, 6.07) is 5.27. The van der Waals surface area contributed by atoms with Gasteiger partial charge in [-0.25, -0.2) is 22.8 Å². The molecule has 0 radical (unpaired) electrons. The molecule has 1 fully saturated rings. The average molecular weight is 363 g/mol. The van der Waals surface area contributed by atoms with Crippen molar-refractivity contribution in [2.24, 2.45) is 0 Å². The van der Waals surface area contributed by atoms with Gasteiger partial charge in [-0.05, 0) is 52.7 Å². The van der Waals surface area contributed by atoms with Crippen LogP contribution < -0.4 is 10.0 Å². The summed E-state index contributed by atoms with van der Waals surface area (Å²) in [7, 11) is -3.64. The number of piperidine rings is 1. The lowest BCUT2D eigenvalue weighted by Crippen LogP contribution is -2.62. The summed E-state index contributed by atoms with van der Waals surface area (Å²) in [5.74, 6) is 0.577. The van der Waals surface area contributed by atoms with E-state index >= 15 is 0 Å². The number of rotatable bonds is 4. The number of hydrogen-bond acceptors (Lipinski definition) is 5. The van der Waals surface area contributed by atoms with Crippen LogP contribution in [0.15, 0.2) is 41.7 Å². The first kappa shape index (κ1) is 18.0. The van der Waals surface area contributed by atoms with Crippen molar-refractivity contribution >= 4 is 10.0 Å². The molecule has 2 N–H and O–H groups in total. The molecule has 2 aromatic heterocycles. The first-order valence-electron chi connectivity index (χ1n) is 8.34. The van der Waals surface area contributed by atoms with Gasteiger partial charge in [0.15, 0.2) is 5.82 Å². The Kier molecular flexibility index (Phi) is 4.47. The Morgan fingerprint density at radius 1 is 1.20 bits per heavy atom. The Balaban J connectivity index is 1.80. The van der Waals surface area contributed by atoms with Crippen LogP contribution in [0.3, 0.4) is 0 Å². The highest BCUT2D eigenvalue weighted by molar-refractivity contribution is 7.89. The molecule has 1 saturated heterocycles. The molecular weight excluding hydrogens is 338 g/mol. The van der Waals surface area contributed by atoms with Gasteiger partial charge in [-0.2, -0.15) is 5.10 Å². The van der Waals surface area contributed by atoms with Crippen molar-refractivity contribution in [1.82, 2.24) is 24.8 Å². The van der Waals surface area contributed by atoms with E-state index in [-0.39, 0.29) is 22.0 Å². The van der Waals surface area contributed by atoms with E-state index in [0.29, 0.717) is 5.82 Å². The van der Waals surface area contributed by atoms with Gasteiger partial charge in [-0.3, -0.25) is 0 Å². The van der Waals surface area contributed by atoms with E-state index in [2.05, 4.69) is 47.8 Å². The molecule has 0 aromatic carbocycles. The van der Waals surface area contributed by atoms with Gasteiger partial charge in [0.25, 0.3) is 0 Å². The lowest BCUT2D eigenvalue weighted by atomic mass is 9.80. The second-order valence-corrected chi connectivity index (χ2v) is 9.64. The Morgan fingerprint density at radius 2 is 1.88 bits per heavy atom. The quantitative estimate of drug-likeness (QED) is 0.865. The molecule has 0 atom stereocenters. The Bertz CT molecular complexity index is 827. The minimum atomic E-state index is -3.64. The van der Waals surface area contributed by atoms with Crippen molar-refractivity contribution in [3.05, 3.63) is 36.8 Å². The van der Waals surface area contributed by atoms with Crippen LogP contribution in [-0.4, -0.2) is 40.3 Å². The number of nitrogens with zero attached hydrogens (tertiary/aromatic N) is 3. The molecule has 0 spiro atoms. The van der Waals surface area contributed by atoms with Crippen LogP contribution >= 0.6 is 0 Å². The first-order valence-corrected chi connectivity index (χ1v) is 9.82. The molecule has 1 aliphatic heterocycles. The predicted octanol–water partition coefficient (Wildman–Crippen LogP) is 1.85. The third-order valence-electron chi connectivity index (χ3n) is 4.27. The van der Waals surface area contributed by atoms with Crippen LogP contribution in [0.25, 0.3) is 5.82 Å². The van der Waals surface area contributed by atoms with Crippen molar-refractivity contribution < 1.29 is 8.42 Å². The molecule has 0 bridgehead atoms. The van der Waals surface area contributed by atoms with E-state index in [1.165, 1.54) is 17.1 Å². The molecule has 136 valence electrons. The van der Waals surface area contributed by atoms with Crippen LogP contribution in [0.1, 0.15) is 40.5 Å². The van der Waals surface area contributed by atoms with E-state index in [9.17, 15) is 8.42 Å². The Labute approximate surface area is 148 Å². The van der Waals surface area contributed by atoms with Crippen molar-refractivity contribution in [3.63, 3.8) is 0 Å². The van der Waals surface area contributed by atoms with Gasteiger partial charge in [0, 0.05) is 23.3 Å². The third kappa shape index (κ3) is 4.26. The first-order chi connectivity index (χ1) is 11.6. The SMILES string of the molecule is CC1(C)CC(NS(=O)(=O)c2cnn(-c3ccccn3)c2)CC(C)(C)N1. The van der Waals surface area contributed by atoms with E-state index in [1.54, 1.807) is 18.3 Å². The highest BCUT2D eigenvalue weighted by Gasteiger charge is 2.39. The molecule has 1 aliphatic rings. The molecule has 3 rings (SSSR count). The van der Waals surface area contributed by atoms with Crippen molar-refractivity contribution in [2.75, 3.05) is 0 Å². The molecule has 25 heavy (non-hydrogen) atoms. The van der Waals surface area contributed by atoms with Gasteiger partial charge in [-0.1, -0.05) is 6.07 Å². The number of aromatic nitrogens is 3. The van der Waals surface area contributed by atoms with Gasteiger partial charge >= 0.3 is 0 Å². The largest absolute Gasteiger partial charge is 0.307 e. The predicted molar refractivity (Wildman–Crippen MR) is 96.0 cm³/mol. The number of hydrogen-bond donors (Lipinski definition) is 2. The monoisotopic (exact) mass is 363 g/mol. The maximum atomic E-state index is 12.8. The number of sulfonamides is 1. The highest BCUT2D eigenvalue weighted by atomic mass is 32.2. The van der Waals surface area contributed by atoms with Crippen LogP contribution in [0.4, 0.5) is 0 Å². The summed E-state index contributed by atoms with van der Waals surface area (Å²) in [6.07, 6.45) is 5.94. The summed E-state index contributed by atoms with van der Waals surface area (Å²) in [5, 5.41) is 7.68. The lowest BCUT2D eigenvalue weighted by Gasteiger charge is -2.46. The topological polar surface area (TPSA) is 88.9 Å². The normalized spacial score (nSPS) is 20.5. The van der Waals surface area contributed by atoms with Crippen molar-refractivity contribution in [3.8, 4) is 5.82 Å². The highest BCUT2D eigenvalue weighted by Crippen LogP contribution is 2.29. The standard InChI is InChI=1S/C17H25N5O2S/c1-16(2)9-13(10-17(3,4)21-16)20-25(23,24)14-11-19-22(12-14)15-7-5-6-8-18-15/h5-8,11-13,20-21H,9-10H2,1-4H3. The van der Waals surface area contributed by atoms with Gasteiger partial charge in [0.2, 0.25) is 10.0 Å². The van der Waals surface area contributed by atoms with E-state index < -0.39 is 10.0 Å². The fraction of sp³-hybridized carbons (Fsp3) is 0.529. The molecule has 0 saturated carbocycles. The van der Waals surface area contributed by atoms with E-state index in [0.717, 1.165) is 12.8 Å². The van der Waals surface area contributed by atoms with Gasteiger partial charge in [0.1, 0.15) is 4.90 Å². The number of nitrogens with one attached hydrogen (secondary N) is 2. The molecule has 0 unspecified atom stereocenters. The lowest BCUT2D eigenvalue weighted by molar-refractivity contribution is 0.157. The second-order valence-electron chi connectivity index (χ2n) is 7.93. The molecule has 0 amide bonds. The zero-order valence-corrected chi connectivity index (χ0v) is 15.8. The summed E-state index contributed by atoms with van der Waals surface area (Å²) in [6.45, 7) is 8.37. The van der Waals surface area contributed by atoms with Gasteiger partial charge in [-0.15, -0.1) is 0 Å². The Morgan fingerprint density at radius 3 is 2.48 bits per heavy atom. The van der Waals surface area contributed by atoms with Crippen molar-refractivity contribution in [2.45, 2.75) is 62.6 Å². The summed E-state index contributed by atoms with van der Waals surface area (Å²) >= 11 is 0. The van der Waals surface area contributed by atoms with Crippen LogP contribution in [0.2, 0.25) is 0 Å². The average Bonchev–Trinajstić information content (AvgIpc) is 2.94. The zero-order chi connectivity index (χ0) is 18.3. The molecule has 2 aromatic rings. The van der Waals surface area contributed by atoms with Crippen LogP contribution in [0.5, 0.6) is 0 Å². The van der Waals surface area contributed by atoms with E-state index in [4.69, 9.17) is 0 Å². The maximum Gasteiger partial charge on any atom is 0.243 e. The summed E-state index contributed by atoms with van der Waals surface area (Å²) in [4.78, 5) is 4.32.